The van der Waals surface area contributed by atoms with E-state index in [2.05, 4.69) is 0 Å². The molecule has 2 nitrogen and oxygen atoms in total. The second-order valence-electron chi connectivity index (χ2n) is 2.31. The molecular formula is C6H10O2. The van der Waals surface area contributed by atoms with Crippen LogP contribution in [0.1, 0.15) is 26.2 Å². The van der Waals surface area contributed by atoms with Crippen LogP contribution in [0.4, 0.5) is 0 Å². The van der Waals surface area contributed by atoms with Gasteiger partial charge in [-0.1, -0.05) is 6.92 Å². The molecule has 1 rings (SSSR count). The van der Waals surface area contributed by atoms with Crippen LogP contribution < -0.4 is 0 Å². The van der Waals surface area contributed by atoms with Gasteiger partial charge < -0.3 is 5.11 Å². The lowest BCUT2D eigenvalue weighted by Crippen LogP contribution is -2.20. The molecule has 1 fully saturated rings. The Morgan fingerprint density at radius 1 is 1.75 bits per heavy atom. The molecule has 0 atom stereocenters. The summed E-state index contributed by atoms with van der Waals surface area (Å²) in [5.41, 5.74) is -0.880. The predicted octanol–water partition coefficient (Wildman–Crippen LogP) is 0.490. The van der Waals surface area contributed by atoms with Crippen LogP contribution in [0, 0.1) is 0 Å². The first-order chi connectivity index (χ1) is 3.69. The number of hydrogen-bond donors (Lipinski definition) is 1. The third-order valence-electron chi connectivity index (χ3n) is 1.56. The molecule has 1 saturated carbocycles. The Morgan fingerprint density at radius 2 is 2.25 bits per heavy atom. The van der Waals surface area contributed by atoms with Crippen molar-refractivity contribution in [2.24, 2.45) is 0 Å². The van der Waals surface area contributed by atoms with Crippen molar-refractivity contribution >= 4 is 5.78 Å². The van der Waals surface area contributed by atoms with Crippen molar-refractivity contribution in [3.8, 4) is 0 Å². The second kappa shape index (κ2) is 1.55. The van der Waals surface area contributed by atoms with Gasteiger partial charge in [-0.05, 0) is 12.8 Å². The Hall–Kier alpha value is -0.370. The van der Waals surface area contributed by atoms with Gasteiger partial charge in [-0.2, -0.15) is 0 Å². The maximum absolute atomic E-state index is 10.6. The SMILES string of the molecule is CCC(=O)C1(O)CC1. The van der Waals surface area contributed by atoms with Gasteiger partial charge >= 0.3 is 0 Å². The monoisotopic (exact) mass is 114 g/mol. The highest BCUT2D eigenvalue weighted by Gasteiger charge is 2.46. The molecular weight excluding hydrogens is 104 g/mol. The number of Topliss-reactive ketones (excluding diaryl/α,β-unsaturated/α-hetero) is 1. The largest absolute Gasteiger partial charge is 0.382 e. The Morgan fingerprint density at radius 3 is 2.38 bits per heavy atom. The van der Waals surface area contributed by atoms with E-state index in [1.807, 2.05) is 0 Å². The molecule has 1 aliphatic rings. The van der Waals surface area contributed by atoms with Gasteiger partial charge in [0.1, 0.15) is 5.60 Å². The van der Waals surface area contributed by atoms with E-state index in [0.29, 0.717) is 19.3 Å². The highest BCUT2D eigenvalue weighted by molar-refractivity contribution is 5.89. The number of rotatable bonds is 2. The van der Waals surface area contributed by atoms with Crippen LogP contribution in [-0.2, 0) is 4.79 Å². The van der Waals surface area contributed by atoms with Crippen LogP contribution in [-0.4, -0.2) is 16.5 Å². The molecule has 0 aromatic heterocycles. The average Bonchev–Trinajstić information content (AvgIpc) is 2.47. The topological polar surface area (TPSA) is 37.3 Å². The summed E-state index contributed by atoms with van der Waals surface area (Å²) in [7, 11) is 0. The number of ketones is 1. The molecule has 0 aromatic rings. The van der Waals surface area contributed by atoms with Crippen molar-refractivity contribution in [1.82, 2.24) is 0 Å². The average molecular weight is 114 g/mol. The summed E-state index contributed by atoms with van der Waals surface area (Å²) in [5, 5.41) is 9.05. The zero-order valence-corrected chi connectivity index (χ0v) is 4.98. The maximum atomic E-state index is 10.6. The number of carbonyl (C=O) groups is 1. The summed E-state index contributed by atoms with van der Waals surface area (Å²) in [4.78, 5) is 10.6. The van der Waals surface area contributed by atoms with E-state index in [4.69, 9.17) is 5.11 Å². The van der Waals surface area contributed by atoms with Crippen LogP contribution in [0.3, 0.4) is 0 Å². The first kappa shape index (κ1) is 5.76. The van der Waals surface area contributed by atoms with Gasteiger partial charge in [-0.3, -0.25) is 4.79 Å². The molecule has 0 amide bonds. The Bertz CT molecular complexity index is 114. The second-order valence-corrected chi connectivity index (χ2v) is 2.31. The molecule has 0 unspecified atom stereocenters. The van der Waals surface area contributed by atoms with Gasteiger partial charge in [-0.15, -0.1) is 0 Å². The van der Waals surface area contributed by atoms with E-state index < -0.39 is 5.60 Å². The van der Waals surface area contributed by atoms with Crippen molar-refractivity contribution < 1.29 is 9.90 Å². The minimum Gasteiger partial charge on any atom is -0.382 e. The summed E-state index contributed by atoms with van der Waals surface area (Å²) in [6, 6.07) is 0. The first-order valence-electron chi connectivity index (χ1n) is 2.95. The van der Waals surface area contributed by atoms with Crippen LogP contribution >= 0.6 is 0 Å². The van der Waals surface area contributed by atoms with Crippen LogP contribution in [0.15, 0.2) is 0 Å². The van der Waals surface area contributed by atoms with E-state index in [0.717, 1.165) is 0 Å². The number of hydrogen-bond acceptors (Lipinski definition) is 2. The van der Waals surface area contributed by atoms with Crippen molar-refractivity contribution in [2.75, 3.05) is 0 Å². The van der Waals surface area contributed by atoms with E-state index in [9.17, 15) is 4.79 Å². The predicted molar refractivity (Wildman–Crippen MR) is 29.5 cm³/mol. The highest BCUT2D eigenvalue weighted by Crippen LogP contribution is 2.36. The lowest BCUT2D eigenvalue weighted by atomic mass is 10.2. The third kappa shape index (κ3) is 0.757. The Labute approximate surface area is 48.5 Å². The lowest BCUT2D eigenvalue weighted by Gasteiger charge is -2.00. The van der Waals surface area contributed by atoms with Gasteiger partial charge in [0, 0.05) is 6.42 Å². The van der Waals surface area contributed by atoms with Gasteiger partial charge in [0.25, 0.3) is 0 Å². The normalized spacial score (nSPS) is 22.8. The van der Waals surface area contributed by atoms with E-state index in [1.54, 1.807) is 6.92 Å². The molecule has 0 spiro atoms. The molecule has 2 heteroatoms. The summed E-state index contributed by atoms with van der Waals surface area (Å²) >= 11 is 0. The van der Waals surface area contributed by atoms with Crippen LogP contribution in [0.5, 0.6) is 0 Å². The molecule has 1 N–H and O–H groups in total. The Kier molecular flexibility index (Phi) is 1.12. The highest BCUT2D eigenvalue weighted by atomic mass is 16.3. The summed E-state index contributed by atoms with van der Waals surface area (Å²) in [5.74, 6) is -0.00231. The van der Waals surface area contributed by atoms with Crippen molar-refractivity contribution in [1.29, 1.82) is 0 Å². The van der Waals surface area contributed by atoms with E-state index in [-0.39, 0.29) is 5.78 Å². The molecule has 1 aliphatic carbocycles. The fraction of sp³-hybridized carbons (Fsp3) is 0.833. The fourth-order valence-corrected chi connectivity index (χ4v) is 0.726. The fourth-order valence-electron chi connectivity index (χ4n) is 0.726. The number of carbonyl (C=O) groups excluding carboxylic acids is 1. The molecule has 0 aromatic carbocycles. The molecule has 0 heterocycles. The van der Waals surface area contributed by atoms with Gasteiger partial charge in [0.15, 0.2) is 5.78 Å². The zero-order valence-electron chi connectivity index (χ0n) is 4.98. The maximum Gasteiger partial charge on any atom is 0.164 e. The van der Waals surface area contributed by atoms with Gasteiger partial charge in [0.2, 0.25) is 0 Å². The lowest BCUT2D eigenvalue weighted by molar-refractivity contribution is -0.128. The van der Waals surface area contributed by atoms with Gasteiger partial charge in [0.05, 0.1) is 0 Å². The van der Waals surface area contributed by atoms with E-state index >= 15 is 0 Å². The molecule has 0 saturated heterocycles. The summed E-state index contributed by atoms with van der Waals surface area (Å²) in [6.07, 6.45) is 1.83. The van der Waals surface area contributed by atoms with Gasteiger partial charge in [-0.25, -0.2) is 0 Å². The Balaban J connectivity index is 2.46. The third-order valence-corrected chi connectivity index (χ3v) is 1.56. The molecule has 0 bridgehead atoms. The number of aliphatic hydroxyl groups is 1. The van der Waals surface area contributed by atoms with Crippen LogP contribution in [0.25, 0.3) is 0 Å². The van der Waals surface area contributed by atoms with Crippen molar-refractivity contribution in [2.45, 2.75) is 31.8 Å². The van der Waals surface area contributed by atoms with Crippen molar-refractivity contribution in [3.63, 3.8) is 0 Å². The summed E-state index contributed by atoms with van der Waals surface area (Å²) in [6.45, 7) is 1.78. The summed E-state index contributed by atoms with van der Waals surface area (Å²) < 4.78 is 0. The minimum atomic E-state index is -0.880. The molecule has 8 heavy (non-hydrogen) atoms. The quantitative estimate of drug-likeness (QED) is 0.567. The zero-order chi connectivity index (χ0) is 6.20. The molecule has 46 valence electrons. The smallest absolute Gasteiger partial charge is 0.164 e. The van der Waals surface area contributed by atoms with E-state index in [1.165, 1.54) is 0 Å². The molecule has 0 radical (unpaired) electrons. The van der Waals surface area contributed by atoms with Crippen molar-refractivity contribution in [3.05, 3.63) is 0 Å². The standard InChI is InChI=1S/C6H10O2/c1-2-5(7)6(8)3-4-6/h8H,2-4H2,1H3. The minimum absolute atomic E-state index is 0.00231. The first-order valence-corrected chi connectivity index (χ1v) is 2.95. The molecule has 0 aliphatic heterocycles. The van der Waals surface area contributed by atoms with Crippen LogP contribution in [0.2, 0.25) is 0 Å².